The summed E-state index contributed by atoms with van der Waals surface area (Å²) in [6.07, 6.45) is 5.96. The minimum Gasteiger partial charge on any atom is -0.497 e. The summed E-state index contributed by atoms with van der Waals surface area (Å²) >= 11 is 1.67. The van der Waals surface area contributed by atoms with Gasteiger partial charge in [0, 0.05) is 11.4 Å². The first-order valence-corrected chi connectivity index (χ1v) is 10.3. The van der Waals surface area contributed by atoms with Crippen molar-refractivity contribution in [1.82, 2.24) is 10.2 Å². The number of amides is 1. The Morgan fingerprint density at radius 1 is 1.19 bits per heavy atom. The summed E-state index contributed by atoms with van der Waals surface area (Å²) in [5, 5.41) is 3.19. The Kier molecular flexibility index (Phi) is 5.27. The van der Waals surface area contributed by atoms with Crippen LogP contribution in [0.4, 0.5) is 0 Å². The second-order valence-corrected chi connectivity index (χ2v) is 8.29. The van der Waals surface area contributed by atoms with Crippen LogP contribution in [-0.2, 0) is 12.8 Å². The van der Waals surface area contributed by atoms with Gasteiger partial charge in [0.2, 0.25) is 0 Å². The van der Waals surface area contributed by atoms with Gasteiger partial charge in [0.25, 0.3) is 5.91 Å². The van der Waals surface area contributed by atoms with E-state index in [1.54, 1.807) is 18.4 Å². The molecule has 0 spiro atoms. The van der Waals surface area contributed by atoms with Crippen molar-refractivity contribution in [2.45, 2.75) is 38.1 Å². The highest BCUT2D eigenvalue weighted by Gasteiger charge is 2.25. The number of thiophene rings is 1. The molecule has 1 amide bonds. The van der Waals surface area contributed by atoms with E-state index in [1.807, 2.05) is 12.1 Å². The number of nitrogens with one attached hydrogen (secondary N) is 1. The summed E-state index contributed by atoms with van der Waals surface area (Å²) in [5.41, 5.74) is 2.62. The van der Waals surface area contributed by atoms with E-state index in [2.05, 4.69) is 28.4 Å². The van der Waals surface area contributed by atoms with Gasteiger partial charge in [-0.05, 0) is 74.5 Å². The molecule has 1 aromatic carbocycles. The van der Waals surface area contributed by atoms with Crippen LogP contribution in [0.3, 0.4) is 0 Å². The molecular weight excluding hydrogens is 344 g/mol. The van der Waals surface area contributed by atoms with Crippen LogP contribution in [0, 0.1) is 0 Å². The highest BCUT2D eigenvalue weighted by molar-refractivity contribution is 7.14. The van der Waals surface area contributed by atoms with Crippen molar-refractivity contribution < 1.29 is 9.53 Å². The smallest absolute Gasteiger partial charge is 0.261 e. The van der Waals surface area contributed by atoms with Crippen LogP contribution >= 0.6 is 11.3 Å². The van der Waals surface area contributed by atoms with Gasteiger partial charge >= 0.3 is 0 Å². The fourth-order valence-electron chi connectivity index (χ4n) is 4.05. The zero-order chi connectivity index (χ0) is 17.9. The number of hydrogen-bond donors (Lipinski definition) is 1. The molecule has 2 aromatic rings. The van der Waals surface area contributed by atoms with Crippen LogP contribution in [0.15, 0.2) is 30.3 Å². The van der Waals surface area contributed by atoms with E-state index < -0.39 is 0 Å². The van der Waals surface area contributed by atoms with Crippen LogP contribution in [0.2, 0.25) is 0 Å². The Labute approximate surface area is 159 Å². The number of fused-ring (bicyclic) bond motifs is 1. The normalized spacial score (nSPS) is 17.9. The minimum absolute atomic E-state index is 0.0714. The highest BCUT2D eigenvalue weighted by atomic mass is 32.1. The maximum atomic E-state index is 12.7. The lowest BCUT2D eigenvalue weighted by molar-refractivity contribution is 0.0942. The second kappa shape index (κ2) is 7.80. The van der Waals surface area contributed by atoms with Crippen LogP contribution in [-0.4, -0.2) is 37.6 Å². The van der Waals surface area contributed by atoms with E-state index in [9.17, 15) is 4.79 Å². The van der Waals surface area contributed by atoms with Crippen LogP contribution in [0.1, 0.15) is 51.0 Å². The number of hydrogen-bond acceptors (Lipinski definition) is 4. The standard InChI is InChI=1S/C21H26N2O2S/c1-25-17-9-7-15(8-10-17)18(23-11-2-3-12-23)14-22-21(24)20-13-16-5-4-6-19(16)26-20/h7-10,13,18H,2-6,11-12,14H2,1H3,(H,22,24). The molecule has 4 nitrogen and oxygen atoms in total. The number of carbonyl (C=O) groups is 1. The number of likely N-dealkylation sites (tertiary alicyclic amines) is 1. The molecule has 1 aromatic heterocycles. The summed E-state index contributed by atoms with van der Waals surface area (Å²) in [6.45, 7) is 2.84. The first-order valence-electron chi connectivity index (χ1n) is 9.52. The number of ether oxygens (including phenoxy) is 1. The van der Waals surface area contributed by atoms with E-state index in [4.69, 9.17) is 4.74 Å². The van der Waals surface area contributed by atoms with Gasteiger partial charge in [-0.25, -0.2) is 0 Å². The Morgan fingerprint density at radius 3 is 2.65 bits per heavy atom. The largest absolute Gasteiger partial charge is 0.497 e. The lowest BCUT2D eigenvalue weighted by Crippen LogP contribution is -2.36. The predicted octanol–water partition coefficient (Wildman–Crippen LogP) is 3.81. The molecule has 0 bridgehead atoms. The van der Waals surface area contributed by atoms with Gasteiger partial charge in [0.1, 0.15) is 5.75 Å². The number of nitrogens with zero attached hydrogens (tertiary/aromatic N) is 1. The first kappa shape index (κ1) is 17.6. The van der Waals surface area contributed by atoms with Gasteiger partial charge in [-0.15, -0.1) is 11.3 Å². The van der Waals surface area contributed by atoms with Crippen molar-refractivity contribution in [3.8, 4) is 5.75 Å². The molecule has 4 rings (SSSR count). The maximum absolute atomic E-state index is 12.7. The quantitative estimate of drug-likeness (QED) is 0.841. The van der Waals surface area contributed by atoms with E-state index in [0.29, 0.717) is 6.54 Å². The summed E-state index contributed by atoms with van der Waals surface area (Å²) in [4.78, 5) is 17.4. The summed E-state index contributed by atoms with van der Waals surface area (Å²) in [7, 11) is 1.69. The minimum atomic E-state index is 0.0714. The molecule has 1 aliphatic carbocycles. The van der Waals surface area contributed by atoms with Crippen molar-refractivity contribution in [2.24, 2.45) is 0 Å². The van der Waals surface area contributed by atoms with Crippen LogP contribution < -0.4 is 10.1 Å². The molecule has 5 heteroatoms. The van der Waals surface area contributed by atoms with Gasteiger partial charge in [-0.1, -0.05) is 12.1 Å². The molecule has 0 radical (unpaired) electrons. The Bertz CT molecular complexity index is 741. The van der Waals surface area contributed by atoms with Crippen molar-refractivity contribution >= 4 is 17.2 Å². The van der Waals surface area contributed by atoms with E-state index >= 15 is 0 Å². The zero-order valence-electron chi connectivity index (χ0n) is 15.3. The van der Waals surface area contributed by atoms with Gasteiger partial charge < -0.3 is 10.1 Å². The van der Waals surface area contributed by atoms with Gasteiger partial charge in [-0.3, -0.25) is 9.69 Å². The Balaban J connectivity index is 1.46. The second-order valence-electron chi connectivity index (χ2n) is 7.15. The molecule has 1 N–H and O–H groups in total. The maximum Gasteiger partial charge on any atom is 0.261 e. The average Bonchev–Trinajstić information content (AvgIpc) is 3.39. The van der Waals surface area contributed by atoms with Gasteiger partial charge in [0.05, 0.1) is 18.0 Å². The van der Waals surface area contributed by atoms with Crippen LogP contribution in [0.5, 0.6) is 5.75 Å². The molecule has 1 fully saturated rings. The summed E-state index contributed by atoms with van der Waals surface area (Å²) in [6, 6.07) is 10.6. The number of methoxy groups -OCH3 is 1. The molecule has 1 unspecified atom stereocenters. The fourth-order valence-corrected chi connectivity index (χ4v) is 5.22. The number of rotatable bonds is 6. The molecular formula is C21H26N2O2S. The van der Waals surface area contributed by atoms with Gasteiger partial charge in [0.15, 0.2) is 0 Å². The first-order chi connectivity index (χ1) is 12.7. The third-order valence-corrected chi connectivity index (χ3v) is 6.74. The van der Waals surface area contributed by atoms with E-state index in [1.165, 1.54) is 35.3 Å². The highest BCUT2D eigenvalue weighted by Crippen LogP contribution is 2.31. The SMILES string of the molecule is COc1ccc(C(CNC(=O)c2cc3c(s2)CCC3)N2CCCC2)cc1. The Hall–Kier alpha value is -1.85. The third-order valence-electron chi connectivity index (χ3n) is 5.51. The Morgan fingerprint density at radius 2 is 1.96 bits per heavy atom. The molecule has 1 aliphatic heterocycles. The van der Waals surface area contributed by atoms with Crippen molar-refractivity contribution in [3.63, 3.8) is 0 Å². The van der Waals surface area contributed by atoms with E-state index in [-0.39, 0.29) is 11.9 Å². The number of carbonyl (C=O) groups excluding carboxylic acids is 1. The molecule has 2 heterocycles. The number of aryl methyl sites for hydroxylation is 2. The van der Waals surface area contributed by atoms with Crippen molar-refractivity contribution in [1.29, 1.82) is 0 Å². The monoisotopic (exact) mass is 370 g/mol. The molecule has 0 saturated carbocycles. The lowest BCUT2D eigenvalue weighted by atomic mass is 10.1. The molecule has 1 saturated heterocycles. The molecule has 138 valence electrons. The number of benzene rings is 1. The zero-order valence-corrected chi connectivity index (χ0v) is 16.1. The summed E-state index contributed by atoms with van der Waals surface area (Å²) in [5.74, 6) is 0.938. The van der Waals surface area contributed by atoms with Crippen molar-refractivity contribution in [3.05, 3.63) is 51.2 Å². The summed E-state index contributed by atoms with van der Waals surface area (Å²) < 4.78 is 5.28. The van der Waals surface area contributed by atoms with Gasteiger partial charge in [-0.2, -0.15) is 0 Å². The van der Waals surface area contributed by atoms with E-state index in [0.717, 1.165) is 36.6 Å². The lowest BCUT2D eigenvalue weighted by Gasteiger charge is -2.28. The third kappa shape index (κ3) is 3.64. The predicted molar refractivity (Wildman–Crippen MR) is 105 cm³/mol. The average molecular weight is 371 g/mol. The molecule has 2 aliphatic rings. The van der Waals surface area contributed by atoms with Crippen LogP contribution in [0.25, 0.3) is 0 Å². The molecule has 26 heavy (non-hydrogen) atoms. The topological polar surface area (TPSA) is 41.6 Å². The fraction of sp³-hybridized carbons (Fsp3) is 0.476. The molecule has 1 atom stereocenters. The van der Waals surface area contributed by atoms with Crippen molar-refractivity contribution in [2.75, 3.05) is 26.7 Å².